The summed E-state index contributed by atoms with van der Waals surface area (Å²) in [7, 11) is 4.52. The fraction of sp³-hybridized carbons (Fsp3) is 1.00. The number of likely N-dealkylation sites (N-methyl/N-ethyl adjacent to an activating group) is 1. The zero-order valence-corrected chi connectivity index (χ0v) is 11.6. The van der Waals surface area contributed by atoms with Gasteiger partial charge in [0.05, 0.1) is 0 Å². The van der Waals surface area contributed by atoms with Crippen molar-refractivity contribution in [1.29, 1.82) is 0 Å². The summed E-state index contributed by atoms with van der Waals surface area (Å²) in [4.78, 5) is 2.47. The highest BCUT2D eigenvalue weighted by Gasteiger charge is 2.34. The number of hydrogen-bond acceptors (Lipinski definition) is 3. The minimum absolute atomic E-state index is 0.434. The lowest BCUT2D eigenvalue weighted by Crippen LogP contribution is -2.55. The van der Waals surface area contributed by atoms with Crippen molar-refractivity contribution in [2.24, 2.45) is 0 Å². The van der Waals surface area contributed by atoms with Crippen LogP contribution in [0.3, 0.4) is 0 Å². The first-order valence-corrected chi connectivity index (χ1v) is 7.34. The summed E-state index contributed by atoms with van der Waals surface area (Å²) in [5.41, 5.74) is 0.434. The third kappa shape index (κ3) is 3.43. The van der Waals surface area contributed by atoms with Crippen LogP contribution in [-0.2, 0) is 0 Å². The van der Waals surface area contributed by atoms with Gasteiger partial charge in [-0.2, -0.15) is 0 Å². The van der Waals surface area contributed by atoms with Crippen LogP contribution >= 0.6 is 0 Å². The molecule has 3 nitrogen and oxygen atoms in total. The van der Waals surface area contributed by atoms with Gasteiger partial charge in [0.1, 0.15) is 0 Å². The van der Waals surface area contributed by atoms with Gasteiger partial charge >= 0.3 is 0 Å². The number of rotatable bonds is 4. The van der Waals surface area contributed by atoms with Gasteiger partial charge in [0.2, 0.25) is 0 Å². The van der Waals surface area contributed by atoms with Crippen molar-refractivity contribution >= 4 is 0 Å². The predicted molar refractivity (Wildman–Crippen MR) is 73.4 cm³/mol. The third-order valence-electron chi connectivity index (χ3n) is 4.79. The zero-order chi connectivity index (χ0) is 12.1. The van der Waals surface area contributed by atoms with Gasteiger partial charge < -0.3 is 15.5 Å². The highest BCUT2D eigenvalue weighted by molar-refractivity contribution is 4.93. The molecule has 0 aromatic carbocycles. The number of hydrogen-bond donors (Lipinski definition) is 2. The summed E-state index contributed by atoms with van der Waals surface area (Å²) in [6, 6.07) is 0.745. The highest BCUT2D eigenvalue weighted by Crippen LogP contribution is 2.31. The van der Waals surface area contributed by atoms with Gasteiger partial charge in [-0.1, -0.05) is 19.3 Å². The molecule has 0 atom stereocenters. The van der Waals surface area contributed by atoms with Gasteiger partial charge in [0.15, 0.2) is 0 Å². The van der Waals surface area contributed by atoms with E-state index < -0.39 is 0 Å². The molecular weight excluding hydrogens is 210 g/mol. The van der Waals surface area contributed by atoms with E-state index in [2.05, 4.69) is 29.6 Å². The normalized spacial score (nSPS) is 26.3. The summed E-state index contributed by atoms with van der Waals surface area (Å²) in [5, 5.41) is 7.27. The summed E-state index contributed by atoms with van der Waals surface area (Å²) in [5.74, 6) is 0. The van der Waals surface area contributed by atoms with Crippen molar-refractivity contribution in [3.8, 4) is 0 Å². The number of nitrogens with zero attached hydrogens (tertiary/aromatic N) is 1. The SMILES string of the molecule is CN(C)C1(CNC2CCNCC2)CCCCC1. The van der Waals surface area contributed by atoms with Gasteiger partial charge in [-0.05, 0) is 52.9 Å². The molecule has 2 aliphatic rings. The fourth-order valence-corrected chi connectivity index (χ4v) is 3.35. The maximum atomic E-state index is 3.83. The van der Waals surface area contributed by atoms with E-state index in [1.54, 1.807) is 0 Å². The van der Waals surface area contributed by atoms with Crippen LogP contribution in [0.25, 0.3) is 0 Å². The van der Waals surface area contributed by atoms with Crippen LogP contribution in [0.1, 0.15) is 44.9 Å². The van der Waals surface area contributed by atoms with Crippen molar-refractivity contribution in [3.05, 3.63) is 0 Å². The lowest BCUT2D eigenvalue weighted by molar-refractivity contribution is 0.0935. The quantitative estimate of drug-likeness (QED) is 0.780. The molecule has 1 saturated heterocycles. The highest BCUT2D eigenvalue weighted by atomic mass is 15.2. The Morgan fingerprint density at radius 2 is 1.76 bits per heavy atom. The van der Waals surface area contributed by atoms with E-state index in [0.29, 0.717) is 5.54 Å². The number of piperidine rings is 1. The molecule has 1 heterocycles. The molecule has 0 amide bonds. The molecule has 1 aliphatic heterocycles. The lowest BCUT2D eigenvalue weighted by Gasteiger charge is -2.44. The standard InChI is InChI=1S/C14H29N3/c1-17(2)14(8-4-3-5-9-14)12-16-13-6-10-15-11-7-13/h13,15-16H,3-12H2,1-2H3. The Hall–Kier alpha value is -0.120. The molecule has 0 unspecified atom stereocenters. The topological polar surface area (TPSA) is 27.3 Å². The van der Waals surface area contributed by atoms with Crippen LogP contribution in [0.4, 0.5) is 0 Å². The van der Waals surface area contributed by atoms with Gasteiger partial charge in [-0.25, -0.2) is 0 Å². The zero-order valence-electron chi connectivity index (χ0n) is 11.6. The minimum Gasteiger partial charge on any atom is -0.317 e. The van der Waals surface area contributed by atoms with E-state index in [-0.39, 0.29) is 0 Å². The van der Waals surface area contributed by atoms with Crippen LogP contribution in [0.5, 0.6) is 0 Å². The first kappa shape index (κ1) is 13.3. The second kappa shape index (κ2) is 6.17. The summed E-state index contributed by atoms with van der Waals surface area (Å²) >= 11 is 0. The smallest absolute Gasteiger partial charge is 0.0327 e. The molecule has 17 heavy (non-hydrogen) atoms. The molecule has 0 spiro atoms. The van der Waals surface area contributed by atoms with Crippen LogP contribution < -0.4 is 10.6 Å². The monoisotopic (exact) mass is 239 g/mol. The first-order chi connectivity index (χ1) is 8.23. The largest absolute Gasteiger partial charge is 0.317 e. The Morgan fingerprint density at radius 1 is 1.12 bits per heavy atom. The van der Waals surface area contributed by atoms with E-state index in [4.69, 9.17) is 0 Å². The molecule has 0 radical (unpaired) electrons. The van der Waals surface area contributed by atoms with Crippen molar-refractivity contribution in [2.75, 3.05) is 33.7 Å². The van der Waals surface area contributed by atoms with E-state index in [0.717, 1.165) is 6.04 Å². The molecule has 2 N–H and O–H groups in total. The van der Waals surface area contributed by atoms with Crippen molar-refractivity contribution in [3.63, 3.8) is 0 Å². The fourth-order valence-electron chi connectivity index (χ4n) is 3.35. The second-order valence-electron chi connectivity index (χ2n) is 6.08. The first-order valence-electron chi connectivity index (χ1n) is 7.34. The summed E-state index contributed by atoms with van der Waals surface area (Å²) < 4.78 is 0. The summed E-state index contributed by atoms with van der Waals surface area (Å²) in [6.45, 7) is 3.56. The second-order valence-corrected chi connectivity index (χ2v) is 6.08. The van der Waals surface area contributed by atoms with Crippen LogP contribution in [0, 0.1) is 0 Å². The Balaban J connectivity index is 1.84. The van der Waals surface area contributed by atoms with Gasteiger partial charge in [-0.3, -0.25) is 0 Å². The van der Waals surface area contributed by atoms with Crippen molar-refractivity contribution in [1.82, 2.24) is 15.5 Å². The van der Waals surface area contributed by atoms with Crippen LogP contribution in [0.15, 0.2) is 0 Å². The molecule has 0 aromatic rings. The molecule has 3 heteroatoms. The molecule has 1 aliphatic carbocycles. The minimum atomic E-state index is 0.434. The summed E-state index contributed by atoms with van der Waals surface area (Å²) in [6.07, 6.45) is 9.59. The van der Waals surface area contributed by atoms with E-state index in [1.165, 1.54) is 64.6 Å². The Bertz CT molecular complexity index is 216. The molecule has 0 bridgehead atoms. The maximum absolute atomic E-state index is 3.83. The van der Waals surface area contributed by atoms with E-state index >= 15 is 0 Å². The van der Waals surface area contributed by atoms with Crippen LogP contribution in [0.2, 0.25) is 0 Å². The van der Waals surface area contributed by atoms with Gasteiger partial charge in [0.25, 0.3) is 0 Å². The lowest BCUT2D eigenvalue weighted by atomic mass is 9.80. The Labute approximate surface area is 106 Å². The Morgan fingerprint density at radius 3 is 2.35 bits per heavy atom. The van der Waals surface area contributed by atoms with Crippen LogP contribution in [-0.4, -0.2) is 50.2 Å². The van der Waals surface area contributed by atoms with E-state index in [9.17, 15) is 0 Å². The molecular formula is C14H29N3. The predicted octanol–water partition coefficient (Wildman–Crippen LogP) is 1.59. The van der Waals surface area contributed by atoms with Crippen molar-refractivity contribution < 1.29 is 0 Å². The number of nitrogens with one attached hydrogen (secondary N) is 2. The average Bonchev–Trinajstić information content (AvgIpc) is 2.38. The Kier molecular flexibility index (Phi) is 4.83. The molecule has 0 aromatic heterocycles. The van der Waals surface area contributed by atoms with Gasteiger partial charge in [0, 0.05) is 18.1 Å². The molecule has 2 fully saturated rings. The average molecular weight is 239 g/mol. The maximum Gasteiger partial charge on any atom is 0.0327 e. The molecule has 2 rings (SSSR count). The third-order valence-corrected chi connectivity index (χ3v) is 4.79. The molecule has 1 saturated carbocycles. The molecule has 100 valence electrons. The van der Waals surface area contributed by atoms with Crippen molar-refractivity contribution in [2.45, 2.75) is 56.5 Å². The van der Waals surface area contributed by atoms with Gasteiger partial charge in [-0.15, -0.1) is 0 Å². The van der Waals surface area contributed by atoms with E-state index in [1.807, 2.05) is 0 Å².